The lowest BCUT2D eigenvalue weighted by molar-refractivity contribution is -0.120. The van der Waals surface area contributed by atoms with Crippen LogP contribution in [0.2, 0.25) is 0 Å². The lowest BCUT2D eigenvalue weighted by Crippen LogP contribution is -2.35. The van der Waals surface area contributed by atoms with Gasteiger partial charge in [-0.15, -0.1) is 0 Å². The van der Waals surface area contributed by atoms with Crippen LogP contribution >= 0.6 is 0 Å². The molecule has 0 aliphatic carbocycles. The van der Waals surface area contributed by atoms with Crippen LogP contribution < -0.4 is 20.1 Å². The van der Waals surface area contributed by atoms with Crippen LogP contribution in [0.15, 0.2) is 42.5 Å². The molecular weight excluding hydrogens is 311 g/mol. The molecule has 0 spiro atoms. The molecule has 0 aromatic heterocycles. The van der Waals surface area contributed by atoms with Crippen molar-refractivity contribution in [2.24, 2.45) is 0 Å². The van der Waals surface area contributed by atoms with Gasteiger partial charge in [-0.25, -0.2) is 4.39 Å². The van der Waals surface area contributed by atoms with Gasteiger partial charge in [0.1, 0.15) is 17.3 Å². The van der Waals surface area contributed by atoms with E-state index in [9.17, 15) is 9.18 Å². The van der Waals surface area contributed by atoms with Crippen molar-refractivity contribution in [1.82, 2.24) is 10.6 Å². The Morgan fingerprint density at radius 3 is 2.62 bits per heavy atom. The molecule has 2 rings (SSSR count). The van der Waals surface area contributed by atoms with E-state index in [4.69, 9.17) is 9.47 Å². The zero-order valence-electron chi connectivity index (χ0n) is 13.9. The lowest BCUT2D eigenvalue weighted by Gasteiger charge is -2.22. The molecule has 24 heavy (non-hydrogen) atoms. The molecule has 0 fully saturated rings. The molecule has 2 aromatic carbocycles. The van der Waals surface area contributed by atoms with Crippen molar-refractivity contribution in [1.29, 1.82) is 0 Å². The van der Waals surface area contributed by atoms with Crippen molar-refractivity contribution in [3.8, 4) is 11.5 Å². The number of methoxy groups -OCH3 is 2. The van der Waals surface area contributed by atoms with Gasteiger partial charge in [-0.1, -0.05) is 12.1 Å². The van der Waals surface area contributed by atoms with Gasteiger partial charge in [-0.2, -0.15) is 0 Å². The maximum Gasteiger partial charge on any atom is 0.234 e. The summed E-state index contributed by atoms with van der Waals surface area (Å²) in [7, 11) is 4.76. The number of hydrogen-bond donors (Lipinski definition) is 2. The average molecular weight is 332 g/mol. The number of hydrogen-bond acceptors (Lipinski definition) is 4. The van der Waals surface area contributed by atoms with Crippen molar-refractivity contribution >= 4 is 5.91 Å². The molecule has 5 nitrogen and oxygen atoms in total. The highest BCUT2D eigenvalue weighted by atomic mass is 19.1. The third-order valence-corrected chi connectivity index (χ3v) is 3.57. The molecule has 1 atom stereocenters. The van der Waals surface area contributed by atoms with Crippen molar-refractivity contribution in [3.63, 3.8) is 0 Å². The number of likely N-dealkylation sites (N-methyl/N-ethyl adjacent to an activating group) is 1. The van der Waals surface area contributed by atoms with E-state index in [1.165, 1.54) is 19.2 Å². The summed E-state index contributed by atoms with van der Waals surface area (Å²) in [5.41, 5.74) is 1.30. The number of carbonyl (C=O) groups excluding carboxylic acids is 1. The Morgan fingerprint density at radius 1 is 1.17 bits per heavy atom. The molecule has 2 N–H and O–H groups in total. The minimum atomic E-state index is -0.563. The number of carbonyl (C=O) groups is 1. The molecule has 0 heterocycles. The van der Waals surface area contributed by atoms with Crippen LogP contribution in [0.5, 0.6) is 11.5 Å². The van der Waals surface area contributed by atoms with Gasteiger partial charge in [0.2, 0.25) is 5.91 Å². The summed E-state index contributed by atoms with van der Waals surface area (Å²) in [5.74, 6) is 0.530. The molecule has 6 heteroatoms. The first kappa shape index (κ1) is 17.7. The SMILES string of the molecule is CNCC(=O)NC(c1cccc(OC)c1)c1cc(F)ccc1OC. The third-order valence-electron chi connectivity index (χ3n) is 3.57. The van der Waals surface area contributed by atoms with E-state index in [-0.39, 0.29) is 12.5 Å². The van der Waals surface area contributed by atoms with E-state index in [2.05, 4.69) is 10.6 Å². The highest BCUT2D eigenvalue weighted by Gasteiger charge is 2.21. The van der Waals surface area contributed by atoms with E-state index in [0.29, 0.717) is 17.1 Å². The monoisotopic (exact) mass is 332 g/mol. The first-order chi connectivity index (χ1) is 11.6. The number of benzene rings is 2. The summed E-state index contributed by atoms with van der Waals surface area (Å²) in [5, 5.41) is 5.70. The van der Waals surface area contributed by atoms with Crippen molar-refractivity contribution in [2.45, 2.75) is 6.04 Å². The number of halogens is 1. The van der Waals surface area contributed by atoms with Crippen molar-refractivity contribution in [2.75, 3.05) is 27.8 Å². The second-order valence-electron chi connectivity index (χ2n) is 5.19. The van der Waals surface area contributed by atoms with Gasteiger partial charge >= 0.3 is 0 Å². The zero-order chi connectivity index (χ0) is 17.5. The molecule has 0 aliphatic heterocycles. The molecule has 1 unspecified atom stereocenters. The van der Waals surface area contributed by atoms with Crippen LogP contribution in [0.25, 0.3) is 0 Å². The highest BCUT2D eigenvalue weighted by Crippen LogP contribution is 2.32. The van der Waals surface area contributed by atoms with Crippen LogP contribution in [0, 0.1) is 5.82 Å². The Bertz CT molecular complexity index is 706. The summed E-state index contributed by atoms with van der Waals surface area (Å²) in [4.78, 5) is 12.1. The van der Waals surface area contributed by atoms with E-state index in [1.807, 2.05) is 12.1 Å². The number of amides is 1. The lowest BCUT2D eigenvalue weighted by atomic mass is 9.97. The fourth-order valence-electron chi connectivity index (χ4n) is 2.47. The van der Waals surface area contributed by atoms with E-state index in [1.54, 1.807) is 32.4 Å². The van der Waals surface area contributed by atoms with Gasteiger partial charge in [0.05, 0.1) is 26.8 Å². The second-order valence-corrected chi connectivity index (χ2v) is 5.19. The fraction of sp³-hybridized carbons (Fsp3) is 0.278. The third kappa shape index (κ3) is 4.23. The minimum Gasteiger partial charge on any atom is -0.497 e. The highest BCUT2D eigenvalue weighted by molar-refractivity contribution is 5.79. The van der Waals surface area contributed by atoms with Gasteiger partial charge in [0.15, 0.2) is 0 Å². The molecule has 128 valence electrons. The van der Waals surface area contributed by atoms with E-state index in [0.717, 1.165) is 5.56 Å². The van der Waals surface area contributed by atoms with Gasteiger partial charge in [0, 0.05) is 5.56 Å². The number of rotatable bonds is 7. The molecular formula is C18H21FN2O3. The van der Waals surface area contributed by atoms with Crippen molar-refractivity contribution < 1.29 is 18.7 Å². The first-order valence-electron chi connectivity index (χ1n) is 7.50. The van der Waals surface area contributed by atoms with Crippen LogP contribution in [0.3, 0.4) is 0 Å². The Morgan fingerprint density at radius 2 is 1.96 bits per heavy atom. The molecule has 0 bridgehead atoms. The van der Waals surface area contributed by atoms with Crippen LogP contribution in [0.1, 0.15) is 17.2 Å². The Hall–Kier alpha value is -2.60. The van der Waals surface area contributed by atoms with Crippen LogP contribution in [-0.2, 0) is 4.79 Å². The number of nitrogens with one attached hydrogen (secondary N) is 2. The first-order valence-corrected chi connectivity index (χ1v) is 7.50. The average Bonchev–Trinajstić information content (AvgIpc) is 2.60. The summed E-state index contributed by atoms with van der Waals surface area (Å²) < 4.78 is 24.4. The molecule has 0 aliphatic rings. The largest absolute Gasteiger partial charge is 0.497 e. The fourth-order valence-corrected chi connectivity index (χ4v) is 2.47. The normalized spacial score (nSPS) is 11.7. The maximum atomic E-state index is 13.8. The van der Waals surface area contributed by atoms with Gasteiger partial charge in [-0.05, 0) is 42.9 Å². The van der Waals surface area contributed by atoms with E-state index >= 15 is 0 Å². The topological polar surface area (TPSA) is 59.6 Å². The smallest absolute Gasteiger partial charge is 0.234 e. The quantitative estimate of drug-likeness (QED) is 0.817. The molecule has 2 aromatic rings. The van der Waals surface area contributed by atoms with Gasteiger partial charge in [0.25, 0.3) is 0 Å². The Labute approximate surface area is 140 Å². The Balaban J connectivity index is 2.50. The van der Waals surface area contributed by atoms with Crippen LogP contribution in [-0.4, -0.2) is 33.7 Å². The summed E-state index contributed by atoms with van der Waals surface area (Å²) in [6.45, 7) is 0.151. The number of ether oxygens (including phenoxy) is 2. The summed E-state index contributed by atoms with van der Waals surface area (Å²) in [6.07, 6.45) is 0. The second kappa shape index (κ2) is 8.31. The maximum absolute atomic E-state index is 13.8. The molecule has 1 amide bonds. The molecule has 0 saturated carbocycles. The minimum absolute atomic E-state index is 0.151. The molecule has 0 radical (unpaired) electrons. The standard InChI is InChI=1S/C18H21FN2O3/c1-20-11-17(22)21-18(12-5-4-6-14(9-12)23-2)15-10-13(19)7-8-16(15)24-3/h4-10,18,20H,11H2,1-3H3,(H,21,22). The predicted octanol–water partition coefficient (Wildman–Crippen LogP) is 2.27. The van der Waals surface area contributed by atoms with E-state index < -0.39 is 11.9 Å². The molecule has 0 saturated heterocycles. The van der Waals surface area contributed by atoms with Crippen molar-refractivity contribution in [3.05, 3.63) is 59.4 Å². The van der Waals surface area contributed by atoms with Crippen LogP contribution in [0.4, 0.5) is 4.39 Å². The zero-order valence-corrected chi connectivity index (χ0v) is 13.9. The predicted molar refractivity (Wildman–Crippen MR) is 89.9 cm³/mol. The Kier molecular flexibility index (Phi) is 6.14. The summed E-state index contributed by atoms with van der Waals surface area (Å²) in [6, 6.07) is 10.9. The van der Waals surface area contributed by atoms with Gasteiger partial charge < -0.3 is 20.1 Å². The summed E-state index contributed by atoms with van der Waals surface area (Å²) >= 11 is 0. The van der Waals surface area contributed by atoms with Gasteiger partial charge in [-0.3, -0.25) is 4.79 Å².